The van der Waals surface area contributed by atoms with Gasteiger partial charge in [0.2, 0.25) is 0 Å². The number of aromatic amines is 1. The van der Waals surface area contributed by atoms with Crippen molar-refractivity contribution in [3.8, 4) is 0 Å². The summed E-state index contributed by atoms with van der Waals surface area (Å²) in [5, 5.41) is 1.05. The first-order chi connectivity index (χ1) is 7.88. The van der Waals surface area contributed by atoms with Crippen molar-refractivity contribution in [1.82, 2.24) is 15.0 Å². The van der Waals surface area contributed by atoms with E-state index in [1.54, 1.807) is 6.33 Å². The second kappa shape index (κ2) is 3.56. The molecule has 3 rings (SSSR count). The van der Waals surface area contributed by atoms with Crippen molar-refractivity contribution in [2.45, 2.75) is 19.4 Å². The lowest BCUT2D eigenvalue weighted by Gasteiger charge is -1.99. The Morgan fingerprint density at radius 2 is 2.31 bits per heavy atom. The van der Waals surface area contributed by atoms with E-state index in [-0.39, 0.29) is 0 Å². The highest BCUT2D eigenvalue weighted by molar-refractivity contribution is 6.14. The molecule has 1 aliphatic rings. The van der Waals surface area contributed by atoms with Gasteiger partial charge in [-0.3, -0.25) is 4.99 Å². The molecule has 16 heavy (non-hydrogen) atoms. The van der Waals surface area contributed by atoms with Crippen molar-refractivity contribution < 1.29 is 0 Å². The van der Waals surface area contributed by atoms with Crippen LogP contribution < -0.4 is 0 Å². The third kappa shape index (κ3) is 1.34. The number of aliphatic imine (C=N–C) groups is 1. The van der Waals surface area contributed by atoms with E-state index in [4.69, 9.17) is 0 Å². The summed E-state index contributed by atoms with van der Waals surface area (Å²) in [6, 6.07) is 2.30. The minimum absolute atomic E-state index is 0.305. The summed E-state index contributed by atoms with van der Waals surface area (Å²) < 4.78 is 0. The minimum atomic E-state index is 0.305. The van der Waals surface area contributed by atoms with Crippen LogP contribution in [-0.2, 0) is 0 Å². The Bertz CT molecular complexity index is 579. The summed E-state index contributed by atoms with van der Waals surface area (Å²) >= 11 is 0. The first-order valence-corrected chi connectivity index (χ1v) is 5.42. The normalized spacial score (nSPS) is 19.3. The Morgan fingerprint density at radius 1 is 1.38 bits per heavy atom. The maximum Gasteiger partial charge on any atom is 0.141 e. The van der Waals surface area contributed by atoms with Gasteiger partial charge in [0.15, 0.2) is 0 Å². The summed E-state index contributed by atoms with van der Waals surface area (Å²) in [7, 11) is 0. The molecule has 2 aromatic heterocycles. The van der Waals surface area contributed by atoms with Crippen molar-refractivity contribution in [3.63, 3.8) is 0 Å². The number of H-pyrrole nitrogens is 1. The molecular formula is C12H12N4. The first-order valence-electron chi connectivity index (χ1n) is 5.42. The second-order valence-corrected chi connectivity index (χ2v) is 3.84. The van der Waals surface area contributed by atoms with Crippen LogP contribution in [0.2, 0.25) is 0 Å². The lowest BCUT2D eigenvalue weighted by molar-refractivity contribution is 0.799. The zero-order valence-corrected chi connectivity index (χ0v) is 9.01. The highest BCUT2D eigenvalue weighted by Gasteiger charge is 2.14. The number of hydrogen-bond acceptors (Lipinski definition) is 3. The van der Waals surface area contributed by atoms with E-state index in [9.17, 15) is 0 Å². The fourth-order valence-electron chi connectivity index (χ4n) is 1.94. The maximum absolute atomic E-state index is 4.41. The van der Waals surface area contributed by atoms with Crippen molar-refractivity contribution in [3.05, 3.63) is 30.4 Å². The van der Waals surface area contributed by atoms with Gasteiger partial charge in [-0.15, -0.1) is 0 Å². The molecule has 0 saturated heterocycles. The molecule has 3 heterocycles. The average molecular weight is 212 g/mol. The Balaban J connectivity index is 2.13. The van der Waals surface area contributed by atoms with Crippen molar-refractivity contribution >= 4 is 22.8 Å². The van der Waals surface area contributed by atoms with E-state index in [0.717, 1.165) is 28.7 Å². The molecule has 0 aliphatic carbocycles. The largest absolute Gasteiger partial charge is 0.346 e. The molecular weight excluding hydrogens is 200 g/mol. The van der Waals surface area contributed by atoms with Crippen LogP contribution in [0.3, 0.4) is 0 Å². The Morgan fingerprint density at radius 3 is 3.12 bits per heavy atom. The molecule has 0 bridgehead atoms. The van der Waals surface area contributed by atoms with Crippen molar-refractivity contribution in [1.29, 1.82) is 0 Å². The Labute approximate surface area is 93.2 Å². The molecule has 1 aliphatic heterocycles. The van der Waals surface area contributed by atoms with Gasteiger partial charge >= 0.3 is 0 Å². The molecule has 4 nitrogen and oxygen atoms in total. The van der Waals surface area contributed by atoms with Gasteiger partial charge in [0.05, 0.1) is 11.7 Å². The number of aromatic nitrogens is 3. The highest BCUT2D eigenvalue weighted by atomic mass is 14.9. The number of hydrogen-bond donors (Lipinski definition) is 1. The lowest BCUT2D eigenvalue weighted by atomic mass is 10.1. The van der Waals surface area contributed by atoms with E-state index in [1.165, 1.54) is 0 Å². The first kappa shape index (κ1) is 9.27. The smallest absolute Gasteiger partial charge is 0.141 e. The average Bonchev–Trinajstić information content (AvgIpc) is 2.97. The maximum atomic E-state index is 4.41. The summed E-state index contributed by atoms with van der Waals surface area (Å²) in [5.41, 5.74) is 2.93. The predicted molar refractivity (Wildman–Crippen MR) is 64.4 cm³/mol. The molecule has 1 unspecified atom stereocenters. The van der Waals surface area contributed by atoms with Crippen LogP contribution in [0.4, 0.5) is 0 Å². The molecule has 2 aromatic rings. The lowest BCUT2D eigenvalue weighted by Crippen LogP contribution is -1.93. The van der Waals surface area contributed by atoms with E-state index in [0.29, 0.717) is 6.04 Å². The third-order valence-corrected chi connectivity index (χ3v) is 2.82. The Hall–Kier alpha value is -1.97. The third-order valence-electron chi connectivity index (χ3n) is 2.82. The zero-order valence-electron chi connectivity index (χ0n) is 9.01. The Kier molecular flexibility index (Phi) is 2.06. The van der Waals surface area contributed by atoms with Gasteiger partial charge < -0.3 is 4.98 Å². The van der Waals surface area contributed by atoms with Gasteiger partial charge in [0.1, 0.15) is 12.0 Å². The van der Waals surface area contributed by atoms with Crippen LogP contribution in [0.15, 0.2) is 29.7 Å². The number of allylic oxidation sites excluding steroid dienone is 1. The molecule has 4 heteroatoms. The molecule has 0 amide bonds. The van der Waals surface area contributed by atoms with Gasteiger partial charge in [-0.2, -0.15) is 0 Å². The molecule has 80 valence electrons. The SMILES string of the molecule is CCC1C=C(c2ncnc3[nH]ccc23)C=N1. The van der Waals surface area contributed by atoms with Crippen LogP contribution in [0.5, 0.6) is 0 Å². The standard InChI is InChI=1S/C12H12N4/c1-2-9-5-8(6-14-9)11-10-3-4-13-12(10)16-7-15-11/h3-7,9H,2H2,1H3,(H,13,15,16). The zero-order chi connectivity index (χ0) is 11.0. The fourth-order valence-corrected chi connectivity index (χ4v) is 1.94. The summed E-state index contributed by atoms with van der Waals surface area (Å²) in [6.45, 7) is 2.13. The number of rotatable bonds is 2. The van der Waals surface area contributed by atoms with Crippen LogP contribution in [0.1, 0.15) is 19.0 Å². The quantitative estimate of drug-likeness (QED) is 0.829. The molecule has 0 radical (unpaired) electrons. The summed E-state index contributed by atoms with van der Waals surface area (Å²) in [5.74, 6) is 0. The minimum Gasteiger partial charge on any atom is -0.346 e. The van der Waals surface area contributed by atoms with Crippen LogP contribution in [0.25, 0.3) is 16.6 Å². The van der Waals surface area contributed by atoms with Gasteiger partial charge in [-0.05, 0) is 18.6 Å². The van der Waals surface area contributed by atoms with E-state index in [1.807, 2.05) is 18.5 Å². The van der Waals surface area contributed by atoms with E-state index < -0.39 is 0 Å². The molecule has 0 fully saturated rings. The summed E-state index contributed by atoms with van der Waals surface area (Å²) in [6.07, 6.45) is 8.56. The number of nitrogens with one attached hydrogen (secondary N) is 1. The molecule has 0 saturated carbocycles. The van der Waals surface area contributed by atoms with Gasteiger partial charge in [0, 0.05) is 23.4 Å². The van der Waals surface area contributed by atoms with Crippen LogP contribution in [0, 0.1) is 0 Å². The van der Waals surface area contributed by atoms with Crippen LogP contribution >= 0.6 is 0 Å². The second-order valence-electron chi connectivity index (χ2n) is 3.84. The van der Waals surface area contributed by atoms with Crippen molar-refractivity contribution in [2.24, 2.45) is 4.99 Å². The van der Waals surface area contributed by atoms with Gasteiger partial charge in [-0.1, -0.05) is 6.92 Å². The van der Waals surface area contributed by atoms with E-state index in [2.05, 4.69) is 32.9 Å². The molecule has 0 aromatic carbocycles. The van der Waals surface area contributed by atoms with Gasteiger partial charge in [0.25, 0.3) is 0 Å². The highest BCUT2D eigenvalue weighted by Crippen LogP contribution is 2.24. The fraction of sp³-hybridized carbons (Fsp3) is 0.250. The topological polar surface area (TPSA) is 53.9 Å². The predicted octanol–water partition coefficient (Wildman–Crippen LogP) is 2.20. The monoisotopic (exact) mass is 212 g/mol. The molecule has 0 spiro atoms. The molecule has 1 N–H and O–H groups in total. The molecule has 1 atom stereocenters. The van der Waals surface area contributed by atoms with Crippen molar-refractivity contribution in [2.75, 3.05) is 0 Å². The number of fused-ring (bicyclic) bond motifs is 1. The van der Waals surface area contributed by atoms with E-state index >= 15 is 0 Å². The van der Waals surface area contributed by atoms with Gasteiger partial charge in [-0.25, -0.2) is 9.97 Å². The number of nitrogens with zero attached hydrogens (tertiary/aromatic N) is 3. The van der Waals surface area contributed by atoms with Crippen LogP contribution in [-0.4, -0.2) is 27.2 Å². The summed E-state index contributed by atoms with van der Waals surface area (Å²) in [4.78, 5) is 16.0.